The fourth-order valence-electron chi connectivity index (χ4n) is 2.20. The molecule has 0 amide bonds. The summed E-state index contributed by atoms with van der Waals surface area (Å²) in [6.45, 7) is 8.14. The van der Waals surface area contributed by atoms with Gasteiger partial charge in [0.1, 0.15) is 5.82 Å². The van der Waals surface area contributed by atoms with E-state index in [2.05, 4.69) is 16.7 Å². The maximum absolute atomic E-state index is 13.6. The van der Waals surface area contributed by atoms with E-state index < -0.39 is 0 Å². The number of anilines is 1. The molecule has 0 radical (unpaired) electrons. The third-order valence-corrected chi connectivity index (χ3v) is 3.38. The van der Waals surface area contributed by atoms with Crippen LogP contribution in [0.5, 0.6) is 0 Å². The van der Waals surface area contributed by atoms with Crippen molar-refractivity contribution >= 4 is 5.69 Å². The van der Waals surface area contributed by atoms with Crippen LogP contribution in [0.3, 0.4) is 0 Å². The van der Waals surface area contributed by atoms with E-state index in [0.29, 0.717) is 12.2 Å². The maximum atomic E-state index is 13.6. The highest BCUT2D eigenvalue weighted by Gasteiger charge is 2.16. The number of nitrogens with two attached hydrogens (primary N) is 1. The first-order valence-electron chi connectivity index (χ1n) is 6.17. The molecule has 0 aromatic heterocycles. The Hall–Kier alpha value is -1.13. The van der Waals surface area contributed by atoms with Crippen LogP contribution in [0.2, 0.25) is 0 Å². The molecular formula is C13H20FN3. The van der Waals surface area contributed by atoms with E-state index in [4.69, 9.17) is 5.73 Å². The second-order valence-electron chi connectivity index (χ2n) is 4.56. The summed E-state index contributed by atoms with van der Waals surface area (Å²) in [5.41, 5.74) is 6.76. The zero-order valence-corrected chi connectivity index (χ0v) is 10.3. The molecule has 0 saturated carbocycles. The van der Waals surface area contributed by atoms with Crippen molar-refractivity contribution in [2.45, 2.75) is 13.5 Å². The lowest BCUT2D eigenvalue weighted by molar-refractivity contribution is 0.131. The number of likely N-dealkylation sites (N-methyl/N-ethyl adjacent to an activating group) is 1. The Bertz CT molecular complexity index is 373. The van der Waals surface area contributed by atoms with Crippen LogP contribution in [-0.2, 0) is 6.54 Å². The molecule has 0 spiro atoms. The second kappa shape index (κ2) is 5.47. The molecule has 1 heterocycles. The maximum Gasteiger partial charge on any atom is 0.129 e. The van der Waals surface area contributed by atoms with Crippen LogP contribution in [0.4, 0.5) is 10.1 Å². The van der Waals surface area contributed by atoms with Crippen LogP contribution in [0.25, 0.3) is 0 Å². The molecule has 1 fully saturated rings. The van der Waals surface area contributed by atoms with Crippen LogP contribution in [0, 0.1) is 5.82 Å². The number of nitrogens with zero attached hydrogens (tertiary/aromatic N) is 2. The smallest absolute Gasteiger partial charge is 0.129 e. The van der Waals surface area contributed by atoms with E-state index in [-0.39, 0.29) is 5.82 Å². The van der Waals surface area contributed by atoms with Gasteiger partial charge in [-0.2, -0.15) is 0 Å². The zero-order chi connectivity index (χ0) is 12.3. The lowest BCUT2D eigenvalue weighted by Crippen LogP contribution is -2.45. The number of hydrogen-bond donors (Lipinski definition) is 1. The summed E-state index contributed by atoms with van der Waals surface area (Å²) in [5.74, 6) is -0.192. The zero-order valence-electron chi connectivity index (χ0n) is 10.3. The van der Waals surface area contributed by atoms with Gasteiger partial charge in [0.05, 0.1) is 0 Å². The first kappa shape index (κ1) is 12.3. The van der Waals surface area contributed by atoms with Gasteiger partial charge in [0.2, 0.25) is 0 Å². The molecule has 4 heteroatoms. The highest BCUT2D eigenvalue weighted by atomic mass is 19.1. The van der Waals surface area contributed by atoms with E-state index in [9.17, 15) is 4.39 Å². The van der Waals surface area contributed by atoms with Crippen molar-refractivity contribution in [3.8, 4) is 0 Å². The SMILES string of the molecule is CCN1CCN(Cc2ccc(N)cc2F)CC1. The van der Waals surface area contributed by atoms with Gasteiger partial charge in [-0.1, -0.05) is 13.0 Å². The number of hydrogen-bond acceptors (Lipinski definition) is 3. The third-order valence-electron chi connectivity index (χ3n) is 3.38. The first-order chi connectivity index (χ1) is 8.19. The highest BCUT2D eigenvalue weighted by Crippen LogP contribution is 2.15. The summed E-state index contributed by atoms with van der Waals surface area (Å²) in [6.07, 6.45) is 0. The number of piperazine rings is 1. The summed E-state index contributed by atoms with van der Waals surface area (Å²) in [6, 6.07) is 4.95. The van der Waals surface area contributed by atoms with E-state index in [1.54, 1.807) is 12.1 Å². The highest BCUT2D eigenvalue weighted by molar-refractivity contribution is 5.40. The van der Waals surface area contributed by atoms with Crippen LogP contribution < -0.4 is 5.73 Å². The van der Waals surface area contributed by atoms with Crippen molar-refractivity contribution in [2.24, 2.45) is 0 Å². The molecule has 2 rings (SSSR count). The lowest BCUT2D eigenvalue weighted by Gasteiger charge is -2.34. The fraction of sp³-hybridized carbons (Fsp3) is 0.538. The predicted molar refractivity (Wildman–Crippen MR) is 68.2 cm³/mol. The van der Waals surface area contributed by atoms with Crippen molar-refractivity contribution in [1.29, 1.82) is 0 Å². The van der Waals surface area contributed by atoms with Gasteiger partial charge in [-0.3, -0.25) is 4.90 Å². The number of rotatable bonds is 3. The average molecular weight is 237 g/mol. The second-order valence-corrected chi connectivity index (χ2v) is 4.56. The number of benzene rings is 1. The standard InChI is InChI=1S/C13H20FN3/c1-2-16-5-7-17(8-6-16)10-11-3-4-12(15)9-13(11)14/h3-4,9H,2,5-8,10,15H2,1H3. The topological polar surface area (TPSA) is 32.5 Å². The van der Waals surface area contributed by atoms with Crippen LogP contribution in [0.15, 0.2) is 18.2 Å². The molecule has 1 aliphatic heterocycles. The summed E-state index contributed by atoms with van der Waals surface area (Å²) in [4.78, 5) is 4.70. The Balaban J connectivity index is 1.93. The van der Waals surface area contributed by atoms with Gasteiger partial charge in [0.15, 0.2) is 0 Å². The van der Waals surface area contributed by atoms with Crippen molar-refractivity contribution in [3.63, 3.8) is 0 Å². The van der Waals surface area contributed by atoms with E-state index in [0.717, 1.165) is 38.3 Å². The van der Waals surface area contributed by atoms with Crippen molar-refractivity contribution in [3.05, 3.63) is 29.6 Å². The van der Waals surface area contributed by atoms with Crippen molar-refractivity contribution < 1.29 is 4.39 Å². The van der Waals surface area contributed by atoms with E-state index in [1.807, 2.05) is 0 Å². The summed E-state index contributed by atoms with van der Waals surface area (Å²) in [5, 5.41) is 0. The molecule has 94 valence electrons. The van der Waals surface area contributed by atoms with Crippen LogP contribution in [0.1, 0.15) is 12.5 Å². The monoisotopic (exact) mass is 237 g/mol. The van der Waals surface area contributed by atoms with Crippen molar-refractivity contribution in [2.75, 3.05) is 38.5 Å². The minimum absolute atomic E-state index is 0.192. The minimum Gasteiger partial charge on any atom is -0.399 e. The largest absolute Gasteiger partial charge is 0.399 e. The van der Waals surface area contributed by atoms with Gasteiger partial charge in [0, 0.05) is 44.0 Å². The van der Waals surface area contributed by atoms with Gasteiger partial charge in [-0.15, -0.1) is 0 Å². The van der Waals surface area contributed by atoms with Crippen molar-refractivity contribution in [1.82, 2.24) is 9.80 Å². The molecule has 1 saturated heterocycles. The van der Waals surface area contributed by atoms with E-state index in [1.165, 1.54) is 6.07 Å². The summed E-state index contributed by atoms with van der Waals surface area (Å²) < 4.78 is 13.6. The predicted octanol–water partition coefficient (Wildman–Crippen LogP) is 1.55. The fourth-order valence-corrected chi connectivity index (χ4v) is 2.20. The Morgan fingerprint density at radius 2 is 1.82 bits per heavy atom. The minimum atomic E-state index is -0.192. The molecule has 0 unspecified atom stereocenters. The first-order valence-corrected chi connectivity index (χ1v) is 6.17. The molecule has 2 N–H and O–H groups in total. The summed E-state index contributed by atoms with van der Waals surface area (Å²) >= 11 is 0. The molecule has 1 aliphatic rings. The Labute approximate surface area is 102 Å². The van der Waals surface area contributed by atoms with Gasteiger partial charge < -0.3 is 10.6 Å². The number of nitrogen functional groups attached to an aromatic ring is 1. The number of halogens is 1. The molecule has 0 aliphatic carbocycles. The Morgan fingerprint density at radius 3 is 2.41 bits per heavy atom. The lowest BCUT2D eigenvalue weighted by atomic mass is 10.1. The average Bonchev–Trinajstić information content (AvgIpc) is 2.34. The van der Waals surface area contributed by atoms with Crippen LogP contribution in [-0.4, -0.2) is 42.5 Å². The third kappa shape index (κ3) is 3.17. The Morgan fingerprint density at radius 1 is 1.18 bits per heavy atom. The molecule has 0 atom stereocenters. The molecular weight excluding hydrogens is 217 g/mol. The van der Waals surface area contributed by atoms with E-state index >= 15 is 0 Å². The normalized spacial score (nSPS) is 18.5. The molecule has 1 aromatic carbocycles. The van der Waals surface area contributed by atoms with Gasteiger partial charge in [0.25, 0.3) is 0 Å². The molecule has 1 aromatic rings. The van der Waals surface area contributed by atoms with Gasteiger partial charge in [-0.05, 0) is 18.7 Å². The van der Waals surface area contributed by atoms with Crippen LogP contribution >= 0.6 is 0 Å². The quantitative estimate of drug-likeness (QED) is 0.810. The Kier molecular flexibility index (Phi) is 3.97. The van der Waals surface area contributed by atoms with Gasteiger partial charge >= 0.3 is 0 Å². The van der Waals surface area contributed by atoms with Gasteiger partial charge in [-0.25, -0.2) is 4.39 Å². The molecule has 17 heavy (non-hydrogen) atoms. The molecule has 3 nitrogen and oxygen atoms in total. The summed E-state index contributed by atoms with van der Waals surface area (Å²) in [7, 11) is 0. The molecule has 0 bridgehead atoms.